The lowest BCUT2D eigenvalue weighted by molar-refractivity contribution is -0.123. The van der Waals surface area contributed by atoms with Crippen molar-refractivity contribution in [1.29, 1.82) is 5.26 Å². The van der Waals surface area contributed by atoms with Gasteiger partial charge in [0.05, 0.1) is 17.6 Å². The molecule has 10 heteroatoms. The Bertz CT molecular complexity index is 1130. The Hall–Kier alpha value is -2.19. The van der Waals surface area contributed by atoms with Gasteiger partial charge in [-0.2, -0.15) is 5.26 Å². The molecule has 3 aliphatic heterocycles. The van der Waals surface area contributed by atoms with Gasteiger partial charge in [0.25, 0.3) is 11.5 Å². The third-order valence-corrected chi connectivity index (χ3v) is 8.32. The Morgan fingerprint density at radius 1 is 1.26 bits per heavy atom. The van der Waals surface area contributed by atoms with Crippen LogP contribution in [0.15, 0.2) is 9.70 Å². The van der Waals surface area contributed by atoms with E-state index in [1.165, 1.54) is 11.8 Å². The van der Waals surface area contributed by atoms with E-state index in [9.17, 15) is 14.9 Å². The van der Waals surface area contributed by atoms with Crippen molar-refractivity contribution < 1.29 is 9.53 Å². The van der Waals surface area contributed by atoms with Crippen molar-refractivity contribution in [3.05, 3.63) is 31.9 Å². The summed E-state index contributed by atoms with van der Waals surface area (Å²) < 4.78 is 7.99. The number of likely N-dealkylation sites (N-methyl/N-ethyl adjacent to an activating group) is 1. The highest BCUT2D eigenvalue weighted by Gasteiger charge is 2.35. The number of anilines is 1. The van der Waals surface area contributed by atoms with Gasteiger partial charge < -0.3 is 14.5 Å². The highest BCUT2D eigenvalue weighted by Crippen LogP contribution is 2.36. The minimum absolute atomic E-state index is 0.0145. The van der Waals surface area contributed by atoms with Gasteiger partial charge in [0, 0.05) is 44.9 Å². The van der Waals surface area contributed by atoms with E-state index in [0.717, 1.165) is 69.9 Å². The molecule has 35 heavy (non-hydrogen) atoms. The monoisotopic (exact) mass is 515 g/mol. The Kier molecular flexibility index (Phi) is 8.32. The summed E-state index contributed by atoms with van der Waals surface area (Å²) in [5.41, 5.74) is 1.26. The fourth-order valence-corrected chi connectivity index (χ4v) is 6.06. The minimum atomic E-state index is -0.254. The number of rotatable bonds is 7. The van der Waals surface area contributed by atoms with Crippen LogP contribution in [-0.4, -0.2) is 77.1 Å². The predicted molar refractivity (Wildman–Crippen MR) is 144 cm³/mol. The molecule has 3 fully saturated rings. The molecule has 3 aliphatic rings. The average molecular weight is 516 g/mol. The lowest BCUT2D eigenvalue weighted by Gasteiger charge is -2.36. The van der Waals surface area contributed by atoms with Crippen LogP contribution in [-0.2, 0) is 16.1 Å². The number of thiocarbonyl (C=S) groups is 1. The second kappa shape index (κ2) is 11.2. The number of thioether (sulfide) groups is 1. The van der Waals surface area contributed by atoms with Crippen molar-refractivity contribution in [1.82, 2.24) is 14.4 Å². The number of nitriles is 1. The Morgan fingerprint density at radius 3 is 2.63 bits per heavy atom. The molecule has 0 aromatic carbocycles. The first-order valence-corrected chi connectivity index (χ1v) is 13.6. The van der Waals surface area contributed by atoms with Crippen LogP contribution >= 0.6 is 24.0 Å². The summed E-state index contributed by atoms with van der Waals surface area (Å²) in [7, 11) is 2.09. The smallest absolute Gasteiger partial charge is 0.270 e. The van der Waals surface area contributed by atoms with Gasteiger partial charge in [-0.25, -0.2) is 0 Å². The number of aromatic nitrogens is 1. The second-order valence-electron chi connectivity index (χ2n) is 9.38. The maximum atomic E-state index is 13.4. The summed E-state index contributed by atoms with van der Waals surface area (Å²) in [6.07, 6.45) is 5.55. The number of amides is 1. The fourth-order valence-electron chi connectivity index (χ4n) is 4.81. The fraction of sp³-hybridized carbons (Fsp3) is 0.600. The average Bonchev–Trinajstić information content (AvgIpc) is 3.45. The molecule has 4 heterocycles. The van der Waals surface area contributed by atoms with E-state index in [-0.39, 0.29) is 23.1 Å². The summed E-state index contributed by atoms with van der Waals surface area (Å²) in [4.78, 5) is 33.4. The van der Waals surface area contributed by atoms with Crippen molar-refractivity contribution in [3.8, 4) is 6.07 Å². The number of unbranched alkanes of at least 4 members (excludes halogenated alkanes) is 1. The van der Waals surface area contributed by atoms with Gasteiger partial charge in [-0.05, 0) is 44.9 Å². The Labute approximate surface area is 216 Å². The largest absolute Gasteiger partial charge is 0.376 e. The van der Waals surface area contributed by atoms with Gasteiger partial charge in [-0.3, -0.25) is 19.1 Å². The molecule has 0 spiro atoms. The minimum Gasteiger partial charge on any atom is -0.376 e. The predicted octanol–water partition coefficient (Wildman–Crippen LogP) is 2.96. The Morgan fingerprint density at radius 2 is 2.00 bits per heavy atom. The number of carbonyl (C=O) groups is 1. The van der Waals surface area contributed by atoms with Gasteiger partial charge in [0.2, 0.25) is 0 Å². The van der Waals surface area contributed by atoms with Crippen molar-refractivity contribution in [2.75, 3.05) is 51.3 Å². The zero-order valence-corrected chi connectivity index (χ0v) is 22.3. The van der Waals surface area contributed by atoms with Gasteiger partial charge in [0.1, 0.15) is 21.8 Å². The molecule has 1 atom stereocenters. The third kappa shape index (κ3) is 5.33. The molecule has 1 aromatic rings. The van der Waals surface area contributed by atoms with Crippen molar-refractivity contribution >= 4 is 46.1 Å². The van der Waals surface area contributed by atoms with Crippen LogP contribution in [0.2, 0.25) is 0 Å². The first-order valence-electron chi connectivity index (χ1n) is 12.3. The van der Waals surface area contributed by atoms with Crippen LogP contribution in [0, 0.1) is 18.3 Å². The number of hydrogen-bond acceptors (Lipinski definition) is 8. The quantitative estimate of drug-likeness (QED) is 0.405. The lowest BCUT2D eigenvalue weighted by atomic mass is 10.0. The van der Waals surface area contributed by atoms with Crippen molar-refractivity contribution in [3.63, 3.8) is 0 Å². The maximum absolute atomic E-state index is 13.4. The summed E-state index contributed by atoms with van der Waals surface area (Å²) >= 11 is 6.83. The number of carbonyl (C=O) groups excluding carboxylic acids is 1. The van der Waals surface area contributed by atoms with E-state index < -0.39 is 0 Å². The molecule has 188 valence electrons. The number of hydrogen-bond donors (Lipinski definition) is 0. The van der Waals surface area contributed by atoms with Crippen LogP contribution < -0.4 is 10.5 Å². The molecule has 4 rings (SSSR count). The highest BCUT2D eigenvalue weighted by molar-refractivity contribution is 8.26. The number of piperazine rings is 1. The molecule has 0 aliphatic carbocycles. The van der Waals surface area contributed by atoms with Crippen LogP contribution in [0.5, 0.6) is 0 Å². The van der Waals surface area contributed by atoms with Gasteiger partial charge >= 0.3 is 0 Å². The summed E-state index contributed by atoms with van der Waals surface area (Å²) in [6, 6.07) is 2.13. The van der Waals surface area contributed by atoms with Crippen molar-refractivity contribution in [2.45, 2.75) is 52.2 Å². The molecular formula is C25H33N5O3S2. The van der Waals surface area contributed by atoms with Gasteiger partial charge in [0.15, 0.2) is 0 Å². The first-order chi connectivity index (χ1) is 16.8. The van der Waals surface area contributed by atoms with Crippen LogP contribution in [0.25, 0.3) is 6.08 Å². The van der Waals surface area contributed by atoms with Crippen LogP contribution in [0.1, 0.15) is 49.3 Å². The molecule has 0 bridgehead atoms. The molecular weight excluding hydrogens is 482 g/mol. The van der Waals surface area contributed by atoms with E-state index in [0.29, 0.717) is 27.9 Å². The first kappa shape index (κ1) is 25.9. The molecule has 0 N–H and O–H groups in total. The second-order valence-corrected chi connectivity index (χ2v) is 11.1. The van der Waals surface area contributed by atoms with Crippen LogP contribution in [0.4, 0.5) is 5.82 Å². The van der Waals surface area contributed by atoms with Gasteiger partial charge in [-0.15, -0.1) is 0 Å². The normalized spacial score (nSPS) is 22.5. The van der Waals surface area contributed by atoms with E-state index in [1.807, 2.05) is 13.0 Å². The molecule has 3 saturated heterocycles. The highest BCUT2D eigenvalue weighted by atomic mass is 32.2. The van der Waals surface area contributed by atoms with E-state index >= 15 is 0 Å². The summed E-state index contributed by atoms with van der Waals surface area (Å²) in [5, 5.41) is 9.85. The zero-order chi connectivity index (χ0) is 25.1. The van der Waals surface area contributed by atoms with E-state index in [2.05, 4.69) is 29.8 Å². The molecule has 1 aromatic heterocycles. The molecule has 8 nitrogen and oxygen atoms in total. The number of nitrogens with zero attached hydrogens (tertiary/aromatic N) is 5. The van der Waals surface area contributed by atoms with E-state index in [1.54, 1.807) is 9.47 Å². The molecule has 1 amide bonds. The SMILES string of the molecule is CCCCn1c(N2CCN(C)CC2)c(/C=C2/SC(=S)N(CC3CCCO3)C2=O)c(C)c(C#N)c1=O. The van der Waals surface area contributed by atoms with Crippen LogP contribution in [0.3, 0.4) is 0 Å². The topological polar surface area (TPSA) is 81.8 Å². The Balaban J connectivity index is 1.80. The van der Waals surface area contributed by atoms with E-state index in [4.69, 9.17) is 17.0 Å². The molecule has 0 saturated carbocycles. The standard InChI is InChI=1S/C25H33N5O3S2/c1-4-5-8-29-22(28-11-9-27(3)10-12-28)19(17(2)20(15-26)23(29)31)14-21-24(32)30(25(34)35-21)16-18-7-6-13-33-18/h14,18H,4-13,16H2,1-3H3/b21-14+. The summed E-state index contributed by atoms with van der Waals surface area (Å²) in [6.45, 7) is 8.91. The zero-order valence-electron chi connectivity index (χ0n) is 20.7. The van der Waals surface area contributed by atoms with Gasteiger partial charge in [-0.1, -0.05) is 37.3 Å². The third-order valence-electron chi connectivity index (χ3n) is 6.94. The maximum Gasteiger partial charge on any atom is 0.270 e. The number of pyridine rings is 1. The number of ether oxygens (including phenoxy) is 1. The lowest BCUT2D eigenvalue weighted by Crippen LogP contribution is -2.47. The molecule has 1 unspecified atom stereocenters. The summed E-state index contributed by atoms with van der Waals surface area (Å²) in [5.74, 6) is 0.668. The molecule has 0 radical (unpaired) electrons. The van der Waals surface area contributed by atoms with Crippen molar-refractivity contribution in [2.24, 2.45) is 0 Å².